The summed E-state index contributed by atoms with van der Waals surface area (Å²) in [6.45, 7) is 5.71. The van der Waals surface area contributed by atoms with Crippen LogP contribution in [0.15, 0.2) is 71.1 Å². The van der Waals surface area contributed by atoms with Crippen molar-refractivity contribution in [2.45, 2.75) is 25.5 Å². The monoisotopic (exact) mass is 351 g/mol. The number of hydrogen-bond acceptors (Lipinski definition) is 2. The van der Waals surface area contributed by atoms with Gasteiger partial charge in [0.2, 0.25) is 0 Å². The molecule has 0 aliphatic rings. The van der Waals surface area contributed by atoms with E-state index in [1.807, 2.05) is 75.4 Å². The molecule has 0 aliphatic carbocycles. The van der Waals surface area contributed by atoms with Crippen LogP contribution in [0.5, 0.6) is 11.5 Å². The molecule has 4 heteroatoms. The predicted molar refractivity (Wildman–Crippen MR) is 106 cm³/mol. The fourth-order valence-electron chi connectivity index (χ4n) is 2.26. The zero-order valence-corrected chi connectivity index (χ0v) is 15.4. The van der Waals surface area contributed by atoms with Gasteiger partial charge < -0.3 is 4.74 Å². The topological polar surface area (TPSA) is 38.7 Å². The van der Waals surface area contributed by atoms with Crippen molar-refractivity contribution in [2.24, 2.45) is 4.40 Å². The van der Waals surface area contributed by atoms with Gasteiger partial charge in [0.15, 0.2) is 0 Å². The van der Waals surface area contributed by atoms with Gasteiger partial charge in [0.25, 0.3) is 0 Å². The van der Waals surface area contributed by atoms with Crippen LogP contribution in [0.25, 0.3) is 10.8 Å². The number of fused-ring (bicyclic) bond motifs is 1. The third kappa shape index (κ3) is 4.54. The summed E-state index contributed by atoms with van der Waals surface area (Å²) in [6.07, 6.45) is 1.64. The Morgan fingerprint density at radius 1 is 0.880 bits per heavy atom. The Labute approximate surface area is 151 Å². The molecule has 0 radical (unpaired) electrons. The number of hydrogen-bond donors (Lipinski definition) is 0. The van der Waals surface area contributed by atoms with Crippen molar-refractivity contribution >= 4 is 28.0 Å². The second kappa shape index (κ2) is 7.19. The fourth-order valence-corrected chi connectivity index (χ4v) is 2.79. The van der Waals surface area contributed by atoms with Gasteiger partial charge in [-0.1, -0.05) is 30.3 Å². The van der Waals surface area contributed by atoms with Crippen LogP contribution in [0, 0.1) is 0 Å². The number of rotatable bonds is 4. The number of nitrogens with zero attached hydrogens (tertiary/aromatic N) is 1. The molecule has 0 bridgehead atoms. The third-order valence-corrected chi connectivity index (χ3v) is 5.00. The highest BCUT2D eigenvalue weighted by molar-refractivity contribution is 7.85. The highest BCUT2D eigenvalue weighted by Crippen LogP contribution is 2.25. The minimum atomic E-state index is -1.25. The SMILES string of the molecule is CC(C)(C)S(=O)N=Cc1ccc(Oc2ccc3ccccc3c2)cc1. The Kier molecular flexibility index (Phi) is 5.00. The first-order valence-electron chi connectivity index (χ1n) is 8.15. The van der Waals surface area contributed by atoms with E-state index < -0.39 is 11.0 Å². The fraction of sp³-hybridized carbons (Fsp3) is 0.190. The molecule has 1 atom stereocenters. The Morgan fingerprint density at radius 2 is 1.52 bits per heavy atom. The first-order valence-corrected chi connectivity index (χ1v) is 9.25. The molecule has 0 saturated carbocycles. The van der Waals surface area contributed by atoms with Crippen LogP contribution >= 0.6 is 0 Å². The van der Waals surface area contributed by atoms with E-state index >= 15 is 0 Å². The maximum Gasteiger partial charge on any atom is 0.144 e. The molecule has 0 N–H and O–H groups in total. The standard InChI is InChI=1S/C21H21NO2S/c1-21(2,3)25(23)22-15-16-8-11-19(12-9-16)24-20-13-10-17-6-4-5-7-18(17)14-20/h4-15H,1-3H3. The molecule has 1 unspecified atom stereocenters. The average Bonchev–Trinajstić information content (AvgIpc) is 2.60. The van der Waals surface area contributed by atoms with Gasteiger partial charge in [0.1, 0.15) is 22.5 Å². The summed E-state index contributed by atoms with van der Waals surface area (Å²) in [5.41, 5.74) is 0.892. The second-order valence-corrected chi connectivity index (χ2v) is 8.71. The Morgan fingerprint density at radius 3 is 2.20 bits per heavy atom. The average molecular weight is 351 g/mol. The van der Waals surface area contributed by atoms with Crippen LogP contribution in [0.4, 0.5) is 0 Å². The number of ether oxygens (including phenoxy) is 1. The summed E-state index contributed by atoms with van der Waals surface area (Å²) in [5, 5.41) is 2.33. The molecule has 0 aliphatic heterocycles. The van der Waals surface area contributed by atoms with Gasteiger partial charge >= 0.3 is 0 Å². The van der Waals surface area contributed by atoms with Crippen molar-refractivity contribution < 1.29 is 8.95 Å². The lowest BCUT2D eigenvalue weighted by Crippen LogP contribution is -2.19. The van der Waals surface area contributed by atoms with Crippen molar-refractivity contribution in [3.8, 4) is 11.5 Å². The van der Waals surface area contributed by atoms with Gasteiger partial charge in [0, 0.05) is 6.21 Å². The van der Waals surface area contributed by atoms with E-state index in [2.05, 4.69) is 16.5 Å². The zero-order valence-electron chi connectivity index (χ0n) is 14.6. The second-order valence-electron chi connectivity index (χ2n) is 6.78. The summed E-state index contributed by atoms with van der Waals surface area (Å²) in [5.74, 6) is 1.55. The summed E-state index contributed by atoms with van der Waals surface area (Å²) < 4.78 is 21.6. The lowest BCUT2D eigenvalue weighted by atomic mass is 10.1. The van der Waals surface area contributed by atoms with Gasteiger partial charge in [-0.25, -0.2) is 4.21 Å². The van der Waals surface area contributed by atoms with Gasteiger partial charge in [-0.3, -0.25) is 0 Å². The van der Waals surface area contributed by atoms with Crippen LogP contribution in [-0.2, 0) is 11.0 Å². The Hall–Kier alpha value is -2.46. The van der Waals surface area contributed by atoms with E-state index in [1.165, 1.54) is 5.39 Å². The van der Waals surface area contributed by atoms with Crippen molar-refractivity contribution in [3.63, 3.8) is 0 Å². The molecule has 0 spiro atoms. The van der Waals surface area contributed by atoms with Crippen molar-refractivity contribution in [1.82, 2.24) is 0 Å². The van der Waals surface area contributed by atoms with Crippen molar-refractivity contribution in [1.29, 1.82) is 0 Å². The van der Waals surface area contributed by atoms with Crippen LogP contribution in [0.1, 0.15) is 26.3 Å². The summed E-state index contributed by atoms with van der Waals surface area (Å²) in [6, 6.07) is 21.8. The molecule has 0 aromatic heterocycles. The molecule has 3 rings (SSSR count). The van der Waals surface area contributed by atoms with Gasteiger partial charge in [0.05, 0.1) is 4.75 Å². The van der Waals surface area contributed by atoms with Crippen LogP contribution in [0.3, 0.4) is 0 Å². The summed E-state index contributed by atoms with van der Waals surface area (Å²) in [7, 11) is -1.25. The first-order chi connectivity index (χ1) is 11.9. The van der Waals surface area contributed by atoms with Crippen molar-refractivity contribution in [3.05, 3.63) is 72.3 Å². The minimum absolute atomic E-state index is 0.352. The third-order valence-electron chi connectivity index (χ3n) is 3.66. The molecule has 25 heavy (non-hydrogen) atoms. The quantitative estimate of drug-likeness (QED) is 0.581. The van der Waals surface area contributed by atoms with E-state index in [9.17, 15) is 4.21 Å². The van der Waals surface area contributed by atoms with Gasteiger partial charge in [-0.15, -0.1) is 0 Å². The molecule has 3 aromatic carbocycles. The van der Waals surface area contributed by atoms with E-state index in [1.54, 1.807) is 6.21 Å². The smallest absolute Gasteiger partial charge is 0.144 e. The summed E-state index contributed by atoms with van der Waals surface area (Å²) in [4.78, 5) is 0. The maximum atomic E-state index is 11.9. The Balaban J connectivity index is 1.71. The summed E-state index contributed by atoms with van der Waals surface area (Å²) >= 11 is 0. The largest absolute Gasteiger partial charge is 0.457 e. The van der Waals surface area contributed by atoms with Gasteiger partial charge in [-0.05, 0) is 73.5 Å². The molecule has 128 valence electrons. The molecule has 3 aromatic rings. The molecule has 0 saturated heterocycles. The molecule has 0 heterocycles. The lowest BCUT2D eigenvalue weighted by molar-refractivity contribution is 0.483. The highest BCUT2D eigenvalue weighted by atomic mass is 32.2. The van der Waals surface area contributed by atoms with Crippen LogP contribution < -0.4 is 4.74 Å². The lowest BCUT2D eigenvalue weighted by Gasteiger charge is -2.12. The highest BCUT2D eigenvalue weighted by Gasteiger charge is 2.18. The molecule has 0 fully saturated rings. The Bertz CT molecular complexity index is 925. The normalized spacial score (nSPS) is 13.2. The molecule has 3 nitrogen and oxygen atoms in total. The zero-order chi connectivity index (χ0) is 17.9. The van der Waals surface area contributed by atoms with Gasteiger partial charge in [-0.2, -0.15) is 4.40 Å². The van der Waals surface area contributed by atoms with Crippen LogP contribution in [0.2, 0.25) is 0 Å². The minimum Gasteiger partial charge on any atom is -0.457 e. The van der Waals surface area contributed by atoms with E-state index in [0.29, 0.717) is 0 Å². The van der Waals surface area contributed by atoms with E-state index in [4.69, 9.17) is 4.74 Å². The predicted octanol–water partition coefficient (Wildman–Crippen LogP) is 5.51. The molecule has 0 amide bonds. The van der Waals surface area contributed by atoms with E-state index in [0.717, 1.165) is 22.4 Å². The number of benzene rings is 3. The molecular weight excluding hydrogens is 330 g/mol. The first kappa shape index (κ1) is 17.4. The van der Waals surface area contributed by atoms with E-state index in [-0.39, 0.29) is 4.75 Å². The van der Waals surface area contributed by atoms with Crippen molar-refractivity contribution in [2.75, 3.05) is 0 Å². The van der Waals surface area contributed by atoms with Crippen LogP contribution in [-0.4, -0.2) is 15.2 Å². The maximum absolute atomic E-state index is 11.9. The molecular formula is C21H21NO2S.